The standard InChI is InChI=1S/C15H24BNO3.C10H14BrN.C9H12BrNO.C8H10BrN.C6H6BrN.C4H8O.2CO2.B/c1-13(2,10-18)12-9-11(7-8-17-12)16-19-14(3,4)15(5,6)20-16;1-4-10(2,3)9-7-8(11)5-6-12-9;1-9(2,6-12)8-5-7(10)3-4-11-8;1-2-3-8-6-7(9)4-5-10-8;1-5-4-6(7)2-3-8-5;1-2-4-5-3-1;2*2-1-3;/h7-9,18H,10H2,1-6H3;5-7H,4H2,1-3H3;3-5,12H,6H2,1-2H3;4-6H,2-3H2,1H3;2-4H,1H3;1-4H2;;;. The van der Waals surface area contributed by atoms with Gasteiger partial charge in [0.25, 0.3) is 0 Å². The Morgan fingerprint density at radius 1 is 0.581 bits per heavy atom. The van der Waals surface area contributed by atoms with Crippen LogP contribution in [0.3, 0.4) is 0 Å². The number of aromatic nitrogens is 5. The van der Waals surface area contributed by atoms with E-state index in [1.54, 1.807) is 18.6 Å². The molecule has 7 heterocycles. The van der Waals surface area contributed by atoms with Gasteiger partial charge >= 0.3 is 19.4 Å². The van der Waals surface area contributed by atoms with E-state index in [2.05, 4.69) is 128 Å². The van der Waals surface area contributed by atoms with Crippen molar-refractivity contribution >= 4 is 97.0 Å². The molecule has 74 heavy (non-hydrogen) atoms. The van der Waals surface area contributed by atoms with Crippen molar-refractivity contribution in [1.29, 1.82) is 0 Å². The minimum atomic E-state index is -0.392. The first-order valence-electron chi connectivity index (χ1n) is 23.7. The van der Waals surface area contributed by atoms with Crippen LogP contribution in [0.5, 0.6) is 0 Å². The van der Waals surface area contributed by atoms with Crippen molar-refractivity contribution in [3.05, 3.63) is 138 Å². The summed E-state index contributed by atoms with van der Waals surface area (Å²) in [5.41, 5.74) is 4.88. The van der Waals surface area contributed by atoms with Crippen LogP contribution in [0.1, 0.15) is 137 Å². The molecular weight excluding hydrogens is 1200 g/mol. The van der Waals surface area contributed by atoms with Gasteiger partial charge in [0.05, 0.1) is 24.4 Å². The van der Waals surface area contributed by atoms with Crippen molar-refractivity contribution in [1.82, 2.24) is 24.9 Å². The maximum absolute atomic E-state index is 9.47. The predicted octanol–water partition coefficient (Wildman–Crippen LogP) is 11.5. The number of rotatable bonds is 9. The Kier molecular flexibility index (Phi) is 36.4. The number of aliphatic hydroxyl groups excluding tert-OH is 2. The van der Waals surface area contributed by atoms with Gasteiger partial charge in [-0.3, -0.25) is 24.9 Å². The third-order valence-corrected chi connectivity index (χ3v) is 13.5. The number of halogens is 4. The summed E-state index contributed by atoms with van der Waals surface area (Å²) in [6.07, 6.45) is 15.3. The van der Waals surface area contributed by atoms with Crippen LogP contribution in [0.25, 0.3) is 0 Å². The number of nitrogens with zero attached hydrogens (tertiary/aromatic N) is 5. The van der Waals surface area contributed by atoms with E-state index in [4.69, 9.17) is 38.3 Å². The summed E-state index contributed by atoms with van der Waals surface area (Å²) in [6, 6.07) is 19.6. The summed E-state index contributed by atoms with van der Waals surface area (Å²) in [7, 11) is -0.392. The summed E-state index contributed by atoms with van der Waals surface area (Å²) >= 11 is 13.5. The van der Waals surface area contributed by atoms with E-state index in [0.29, 0.717) is 0 Å². The molecule has 0 unspecified atom stereocenters. The monoisotopic (exact) mass is 1270 g/mol. The van der Waals surface area contributed by atoms with Crippen molar-refractivity contribution in [3.63, 3.8) is 0 Å². The predicted molar refractivity (Wildman–Crippen MR) is 306 cm³/mol. The highest BCUT2D eigenvalue weighted by Crippen LogP contribution is 2.36. The number of carbonyl (C=O) groups excluding carboxylic acids is 4. The molecule has 0 aromatic carbocycles. The average Bonchev–Trinajstić information content (AvgIpc) is 4.00. The van der Waals surface area contributed by atoms with Crippen molar-refractivity contribution in [3.8, 4) is 0 Å². The smallest absolute Gasteiger partial charge is 0.399 e. The van der Waals surface area contributed by atoms with Crippen LogP contribution in [0.2, 0.25) is 0 Å². The zero-order valence-electron chi connectivity index (χ0n) is 45.2. The second kappa shape index (κ2) is 37.2. The molecule has 0 saturated carbocycles. The third kappa shape index (κ3) is 28.5. The Morgan fingerprint density at radius 3 is 1.27 bits per heavy atom. The normalized spacial score (nSPS) is 13.7. The van der Waals surface area contributed by atoms with Gasteiger partial charge in [-0.05, 0) is 126 Å². The number of aliphatic hydroxyl groups is 2. The number of ether oxygens (including phenoxy) is 1. The van der Waals surface area contributed by atoms with Gasteiger partial charge in [-0.1, -0.05) is 126 Å². The maximum Gasteiger partial charge on any atom is 0.494 e. The number of hydrogen-bond donors (Lipinski definition) is 2. The van der Waals surface area contributed by atoms with Gasteiger partial charge in [-0.15, -0.1) is 0 Å². The van der Waals surface area contributed by atoms with Gasteiger partial charge in [0.15, 0.2) is 0 Å². The van der Waals surface area contributed by atoms with Crippen molar-refractivity contribution in [2.45, 2.75) is 150 Å². The van der Waals surface area contributed by atoms with E-state index in [-0.39, 0.29) is 61.4 Å². The molecule has 2 saturated heterocycles. The molecule has 5 aromatic rings. The summed E-state index contributed by atoms with van der Waals surface area (Å²) in [5.74, 6) is 0. The molecule has 0 aliphatic carbocycles. The zero-order chi connectivity index (χ0) is 55.9. The Bertz CT molecular complexity index is 2310. The van der Waals surface area contributed by atoms with E-state index in [1.807, 2.05) is 123 Å². The summed E-state index contributed by atoms with van der Waals surface area (Å²) in [6.45, 7) is 28.9. The highest BCUT2D eigenvalue weighted by Gasteiger charge is 2.51. The minimum Gasteiger partial charge on any atom is -0.399 e. The fraction of sp³-hybridized carbons (Fsp3) is 0.500. The second-order valence-electron chi connectivity index (χ2n) is 19.4. The molecule has 403 valence electrons. The lowest BCUT2D eigenvalue weighted by Crippen LogP contribution is -2.41. The quantitative estimate of drug-likeness (QED) is 0.132. The van der Waals surface area contributed by atoms with Crippen molar-refractivity contribution in [2.24, 2.45) is 0 Å². The molecule has 0 bridgehead atoms. The molecule has 0 atom stereocenters. The number of aryl methyl sites for hydroxylation is 2. The number of hydrogen-bond acceptors (Lipinski definition) is 14. The maximum atomic E-state index is 9.47. The van der Waals surface area contributed by atoms with Crippen molar-refractivity contribution < 1.29 is 43.4 Å². The van der Waals surface area contributed by atoms with Gasteiger partial charge < -0.3 is 24.3 Å². The van der Waals surface area contributed by atoms with Gasteiger partial charge in [-0.25, -0.2) is 0 Å². The molecule has 5 aromatic heterocycles. The van der Waals surface area contributed by atoms with Gasteiger partial charge in [0.2, 0.25) is 0 Å². The average molecular weight is 1280 g/mol. The van der Waals surface area contributed by atoms with E-state index in [1.165, 1.54) is 12.8 Å². The Morgan fingerprint density at radius 2 is 0.946 bits per heavy atom. The van der Waals surface area contributed by atoms with E-state index in [9.17, 15) is 5.11 Å². The summed E-state index contributed by atoms with van der Waals surface area (Å²) in [5, 5.41) is 18.6. The Balaban J connectivity index is 0. The molecule has 14 nitrogen and oxygen atoms in total. The lowest BCUT2D eigenvalue weighted by atomic mass is 9.77. The highest BCUT2D eigenvalue weighted by molar-refractivity contribution is 9.11. The van der Waals surface area contributed by atoms with Crippen LogP contribution >= 0.6 is 63.7 Å². The van der Waals surface area contributed by atoms with Crippen LogP contribution in [0, 0.1) is 6.92 Å². The first-order valence-corrected chi connectivity index (χ1v) is 26.9. The molecular formula is C54H74B2Br4N5O9. The van der Waals surface area contributed by atoms with E-state index >= 15 is 0 Å². The molecule has 2 fully saturated rings. The fourth-order valence-corrected chi connectivity index (χ4v) is 7.20. The molecule has 0 spiro atoms. The molecule has 3 radical (unpaired) electrons. The van der Waals surface area contributed by atoms with E-state index < -0.39 is 7.12 Å². The second-order valence-corrected chi connectivity index (χ2v) is 23.1. The van der Waals surface area contributed by atoms with Gasteiger partial charge in [0, 0.05) is 115 Å². The highest BCUT2D eigenvalue weighted by atomic mass is 79.9. The molecule has 2 aliphatic rings. The molecule has 7 rings (SSSR count). The lowest BCUT2D eigenvalue weighted by molar-refractivity contribution is -0.193. The van der Waals surface area contributed by atoms with E-state index in [0.717, 1.165) is 84.3 Å². The first kappa shape index (κ1) is 72.4. The van der Waals surface area contributed by atoms with Gasteiger partial charge in [0.1, 0.15) is 0 Å². The Hall–Kier alpha value is -3.64. The molecule has 2 aliphatic heterocycles. The summed E-state index contributed by atoms with van der Waals surface area (Å²) < 4.78 is 21.3. The van der Waals surface area contributed by atoms with Gasteiger partial charge in [-0.2, -0.15) is 19.2 Å². The van der Waals surface area contributed by atoms with Crippen LogP contribution in [0.15, 0.2) is 110 Å². The largest absolute Gasteiger partial charge is 0.494 e. The van der Waals surface area contributed by atoms with Crippen LogP contribution in [0.4, 0.5) is 0 Å². The zero-order valence-corrected chi connectivity index (χ0v) is 51.5. The fourth-order valence-electron chi connectivity index (χ4n) is 5.70. The van der Waals surface area contributed by atoms with Crippen LogP contribution < -0.4 is 5.46 Å². The number of pyridine rings is 5. The molecule has 0 amide bonds. The molecule has 20 heteroatoms. The van der Waals surface area contributed by atoms with Crippen LogP contribution in [-0.4, -0.2) is 101 Å². The SMILES string of the molecule is C1CCOC1.CC(C)(CO)c1cc(B2OC(C)(C)C(C)(C)O2)ccn1.CC(C)(CO)c1cc(Br)ccn1.CCC(C)(C)c1cc(Br)ccn1.CCCc1cc(Br)ccn1.Cc1cc(Br)ccn1.O=C=O.O=C=O.[B]. The minimum absolute atomic E-state index is 0. The van der Waals surface area contributed by atoms with Crippen LogP contribution in [-0.2, 0) is 55.9 Å². The lowest BCUT2D eigenvalue weighted by Gasteiger charge is -2.32. The topological polar surface area (TPSA) is 201 Å². The van der Waals surface area contributed by atoms with Crippen molar-refractivity contribution in [2.75, 3.05) is 26.4 Å². The Labute approximate surface area is 476 Å². The third-order valence-electron chi connectivity index (χ3n) is 11.5. The first-order chi connectivity index (χ1) is 34.2. The summed E-state index contributed by atoms with van der Waals surface area (Å²) in [4.78, 5) is 53.6. The molecule has 2 N–H and O–H groups in total.